The molecule has 0 N–H and O–H groups in total. The molecular formula is C13H17NO2. The predicted octanol–water partition coefficient (Wildman–Crippen LogP) is 2.58. The number of hydrogen-bond acceptors (Lipinski definition) is 3. The second-order valence-corrected chi connectivity index (χ2v) is 4.98. The van der Waals surface area contributed by atoms with E-state index in [9.17, 15) is 4.79 Å². The molecule has 0 radical (unpaired) electrons. The molecule has 2 aliphatic rings. The summed E-state index contributed by atoms with van der Waals surface area (Å²) in [6.07, 6.45) is 5.80. The van der Waals surface area contributed by atoms with Crippen LogP contribution in [0.1, 0.15) is 39.5 Å². The quantitative estimate of drug-likeness (QED) is 0.503. The highest BCUT2D eigenvalue weighted by Gasteiger charge is 2.47. The lowest BCUT2D eigenvalue weighted by molar-refractivity contribution is -0.146. The van der Waals surface area contributed by atoms with Gasteiger partial charge in [0, 0.05) is 12.3 Å². The van der Waals surface area contributed by atoms with Gasteiger partial charge in [0.15, 0.2) is 0 Å². The Hall–Kier alpha value is -1.30. The van der Waals surface area contributed by atoms with Gasteiger partial charge in [-0.05, 0) is 31.3 Å². The molecule has 3 heteroatoms. The number of nitrogens with zero attached hydrogens (tertiary/aromatic N) is 1. The van der Waals surface area contributed by atoms with E-state index in [2.05, 4.69) is 19.1 Å². The van der Waals surface area contributed by atoms with Crippen molar-refractivity contribution in [3.63, 3.8) is 0 Å². The zero-order valence-corrected chi connectivity index (χ0v) is 9.82. The number of allylic oxidation sites excluding steroid dienone is 1. The van der Waals surface area contributed by atoms with E-state index in [0.29, 0.717) is 0 Å². The van der Waals surface area contributed by atoms with Crippen molar-refractivity contribution in [2.75, 3.05) is 0 Å². The second-order valence-electron chi connectivity index (χ2n) is 4.98. The maximum absolute atomic E-state index is 11.0. The Morgan fingerprint density at radius 1 is 1.69 bits per heavy atom. The van der Waals surface area contributed by atoms with E-state index < -0.39 is 0 Å². The molecule has 3 atom stereocenters. The third-order valence-corrected chi connectivity index (χ3v) is 3.98. The van der Waals surface area contributed by atoms with Crippen molar-refractivity contribution in [3.8, 4) is 6.07 Å². The van der Waals surface area contributed by atoms with Crippen molar-refractivity contribution in [2.45, 2.75) is 45.6 Å². The number of carbonyl (C=O) groups is 1. The molecule has 0 aromatic heterocycles. The van der Waals surface area contributed by atoms with Gasteiger partial charge in [0.05, 0.1) is 12.0 Å². The predicted molar refractivity (Wildman–Crippen MR) is 59.3 cm³/mol. The van der Waals surface area contributed by atoms with Crippen LogP contribution in [0.2, 0.25) is 0 Å². The molecule has 0 spiro atoms. The number of ether oxygens (including phenoxy) is 1. The highest BCUT2D eigenvalue weighted by Crippen LogP contribution is 2.52. The topological polar surface area (TPSA) is 50.1 Å². The first-order chi connectivity index (χ1) is 7.58. The van der Waals surface area contributed by atoms with Gasteiger partial charge in [0.25, 0.3) is 0 Å². The van der Waals surface area contributed by atoms with Gasteiger partial charge in [-0.25, -0.2) is 0 Å². The van der Waals surface area contributed by atoms with Crippen LogP contribution in [0.5, 0.6) is 0 Å². The number of fused-ring (bicyclic) bond motifs is 1. The summed E-state index contributed by atoms with van der Waals surface area (Å²) < 4.78 is 5.35. The molecule has 0 heterocycles. The van der Waals surface area contributed by atoms with Crippen LogP contribution < -0.4 is 0 Å². The molecule has 1 saturated carbocycles. The van der Waals surface area contributed by atoms with E-state index in [1.807, 2.05) is 0 Å². The van der Waals surface area contributed by atoms with Gasteiger partial charge < -0.3 is 4.74 Å². The maximum atomic E-state index is 11.0. The average Bonchev–Trinajstić information content (AvgIpc) is 2.54. The van der Waals surface area contributed by atoms with E-state index in [4.69, 9.17) is 10.00 Å². The minimum absolute atomic E-state index is 0.0564. The summed E-state index contributed by atoms with van der Waals surface area (Å²) in [6.45, 7) is 3.58. The van der Waals surface area contributed by atoms with E-state index in [-0.39, 0.29) is 23.4 Å². The first-order valence-corrected chi connectivity index (χ1v) is 5.85. The fourth-order valence-corrected chi connectivity index (χ4v) is 3.09. The van der Waals surface area contributed by atoms with Crippen molar-refractivity contribution in [1.29, 1.82) is 5.26 Å². The van der Waals surface area contributed by atoms with Crippen molar-refractivity contribution in [3.05, 3.63) is 11.6 Å². The Morgan fingerprint density at radius 2 is 2.44 bits per heavy atom. The van der Waals surface area contributed by atoms with Gasteiger partial charge in [-0.2, -0.15) is 5.26 Å². The van der Waals surface area contributed by atoms with Crippen molar-refractivity contribution >= 4 is 5.97 Å². The van der Waals surface area contributed by atoms with Crippen LogP contribution in [0.3, 0.4) is 0 Å². The Morgan fingerprint density at radius 3 is 3.06 bits per heavy atom. The summed E-state index contributed by atoms with van der Waals surface area (Å²) in [5.41, 5.74) is 1.12. The van der Waals surface area contributed by atoms with Gasteiger partial charge >= 0.3 is 5.97 Å². The van der Waals surface area contributed by atoms with Gasteiger partial charge in [-0.15, -0.1) is 0 Å². The standard InChI is InChI=1S/C13H17NO2/c1-9(15)16-12-4-3-7-13(2)10(8-14)5-6-11(12)13/h6,10,12H,3-5,7H2,1-2H3/t10-,12-,13-/m0/s1. The molecule has 0 aliphatic heterocycles. The van der Waals surface area contributed by atoms with Crippen LogP contribution >= 0.6 is 0 Å². The van der Waals surface area contributed by atoms with E-state index in [0.717, 1.165) is 25.7 Å². The molecule has 16 heavy (non-hydrogen) atoms. The molecule has 0 aromatic carbocycles. The maximum Gasteiger partial charge on any atom is 0.303 e. The molecule has 86 valence electrons. The first-order valence-electron chi connectivity index (χ1n) is 5.85. The minimum atomic E-state index is -0.226. The number of esters is 1. The number of carbonyl (C=O) groups excluding carboxylic acids is 1. The number of hydrogen-bond donors (Lipinski definition) is 0. The van der Waals surface area contributed by atoms with Crippen LogP contribution in [-0.4, -0.2) is 12.1 Å². The van der Waals surface area contributed by atoms with Crippen molar-refractivity contribution < 1.29 is 9.53 Å². The number of nitriles is 1. The average molecular weight is 219 g/mol. The fourth-order valence-electron chi connectivity index (χ4n) is 3.09. The summed E-state index contributed by atoms with van der Waals surface area (Å²) in [4.78, 5) is 11.0. The zero-order chi connectivity index (χ0) is 11.8. The Kier molecular flexibility index (Phi) is 2.75. The van der Waals surface area contributed by atoms with E-state index in [1.54, 1.807) is 0 Å². The third kappa shape index (κ3) is 1.63. The highest BCUT2D eigenvalue weighted by molar-refractivity contribution is 5.66. The molecule has 0 amide bonds. The van der Waals surface area contributed by atoms with Gasteiger partial charge in [-0.1, -0.05) is 13.0 Å². The second kappa shape index (κ2) is 3.93. The van der Waals surface area contributed by atoms with Crippen LogP contribution in [0.25, 0.3) is 0 Å². The Bertz CT molecular complexity index is 380. The molecule has 2 rings (SSSR count). The molecular weight excluding hydrogens is 202 g/mol. The van der Waals surface area contributed by atoms with Gasteiger partial charge in [-0.3, -0.25) is 4.79 Å². The summed E-state index contributed by atoms with van der Waals surface area (Å²) in [6, 6.07) is 2.38. The van der Waals surface area contributed by atoms with Crippen LogP contribution in [0, 0.1) is 22.7 Å². The van der Waals surface area contributed by atoms with Gasteiger partial charge in [0.1, 0.15) is 6.10 Å². The van der Waals surface area contributed by atoms with Crippen molar-refractivity contribution in [2.24, 2.45) is 11.3 Å². The van der Waals surface area contributed by atoms with Crippen LogP contribution in [0.15, 0.2) is 11.6 Å². The Labute approximate surface area is 96.1 Å². The molecule has 2 aliphatic carbocycles. The van der Waals surface area contributed by atoms with E-state index >= 15 is 0 Å². The summed E-state index contributed by atoms with van der Waals surface area (Å²) in [7, 11) is 0. The monoisotopic (exact) mass is 219 g/mol. The molecule has 0 saturated heterocycles. The molecule has 1 fully saturated rings. The minimum Gasteiger partial charge on any atom is -0.458 e. The molecule has 0 unspecified atom stereocenters. The smallest absolute Gasteiger partial charge is 0.303 e. The molecule has 0 aromatic rings. The number of rotatable bonds is 1. The van der Waals surface area contributed by atoms with E-state index in [1.165, 1.54) is 12.5 Å². The zero-order valence-electron chi connectivity index (χ0n) is 9.82. The third-order valence-electron chi connectivity index (χ3n) is 3.98. The fraction of sp³-hybridized carbons (Fsp3) is 0.692. The lowest BCUT2D eigenvalue weighted by atomic mass is 9.67. The van der Waals surface area contributed by atoms with Crippen molar-refractivity contribution in [1.82, 2.24) is 0 Å². The van der Waals surface area contributed by atoms with Crippen LogP contribution in [-0.2, 0) is 9.53 Å². The normalized spacial score (nSPS) is 37.2. The Balaban J connectivity index is 2.23. The SMILES string of the molecule is CC(=O)O[C@H]1CCC[C@]2(C)C1=CC[C@H]2C#N. The van der Waals surface area contributed by atoms with Crippen LogP contribution in [0.4, 0.5) is 0 Å². The summed E-state index contributed by atoms with van der Waals surface area (Å²) >= 11 is 0. The molecule has 3 nitrogen and oxygen atoms in total. The largest absolute Gasteiger partial charge is 0.458 e. The molecule has 0 bridgehead atoms. The summed E-state index contributed by atoms with van der Waals surface area (Å²) in [5.74, 6) is -0.170. The lowest BCUT2D eigenvalue weighted by Gasteiger charge is -2.39. The highest BCUT2D eigenvalue weighted by atomic mass is 16.5. The first kappa shape index (κ1) is 11.2. The lowest BCUT2D eigenvalue weighted by Crippen LogP contribution is -2.36. The van der Waals surface area contributed by atoms with Gasteiger partial charge in [0.2, 0.25) is 0 Å². The summed E-state index contributed by atoms with van der Waals surface area (Å²) in [5, 5.41) is 9.15.